The molecule has 1 unspecified atom stereocenters. The number of hydrogen-bond acceptors (Lipinski definition) is 4. The average molecular weight is 286 g/mol. The van der Waals surface area contributed by atoms with Gasteiger partial charge in [-0.25, -0.2) is 13.1 Å². The van der Waals surface area contributed by atoms with Gasteiger partial charge in [0.25, 0.3) is 0 Å². The highest BCUT2D eigenvalue weighted by atomic mass is 32.2. The van der Waals surface area contributed by atoms with Gasteiger partial charge in [-0.1, -0.05) is 6.07 Å². The Morgan fingerprint density at radius 3 is 3.00 bits per heavy atom. The quantitative estimate of drug-likeness (QED) is 0.804. The van der Waals surface area contributed by atoms with Gasteiger partial charge in [0, 0.05) is 17.5 Å². The Hall–Kier alpha value is -0.560. The molecule has 100 valence electrons. The molecule has 2 rings (SSSR count). The summed E-state index contributed by atoms with van der Waals surface area (Å²) >= 11 is 1.54. The highest BCUT2D eigenvalue weighted by Gasteiger charge is 2.19. The molecule has 0 aliphatic carbocycles. The number of hydrogen-bond donors (Lipinski definition) is 2. The number of nitrogens with one attached hydrogen (secondary N) is 2. The predicted molar refractivity (Wildman–Crippen MR) is 74.4 cm³/mol. The average Bonchev–Trinajstić information content (AvgIpc) is 2.90. The molecule has 18 heavy (non-hydrogen) atoms. The first kappa shape index (κ1) is 13.9. The van der Waals surface area contributed by atoms with Crippen LogP contribution in [0.2, 0.25) is 0 Å². The van der Waals surface area contributed by atoms with Crippen LogP contribution in [0.25, 0.3) is 0 Å². The van der Waals surface area contributed by atoms with Crippen molar-refractivity contribution in [2.45, 2.75) is 28.7 Å². The second kappa shape index (κ2) is 6.06. The summed E-state index contributed by atoms with van der Waals surface area (Å²) in [7, 11) is -3.38. The lowest BCUT2D eigenvalue weighted by atomic mass is 10.2. The largest absolute Gasteiger partial charge is 0.313 e. The third kappa shape index (κ3) is 3.47. The Balaban J connectivity index is 2.04. The molecule has 0 aromatic heterocycles. The summed E-state index contributed by atoms with van der Waals surface area (Å²) < 4.78 is 26.9. The molecule has 1 aromatic carbocycles. The van der Waals surface area contributed by atoms with Crippen LogP contribution in [0.5, 0.6) is 0 Å². The second-order valence-electron chi connectivity index (χ2n) is 4.32. The molecule has 4 nitrogen and oxygen atoms in total. The van der Waals surface area contributed by atoms with Crippen LogP contribution in [0.3, 0.4) is 0 Å². The van der Waals surface area contributed by atoms with Crippen molar-refractivity contribution in [3.63, 3.8) is 0 Å². The van der Waals surface area contributed by atoms with E-state index in [2.05, 4.69) is 10.0 Å². The van der Waals surface area contributed by atoms with Crippen molar-refractivity contribution in [3.8, 4) is 0 Å². The lowest BCUT2D eigenvalue weighted by Crippen LogP contribution is -2.37. The first-order chi connectivity index (χ1) is 8.62. The number of thioether (sulfide) groups is 1. The zero-order valence-corrected chi connectivity index (χ0v) is 12.0. The standard InChI is InChI=1S/C12H18N2O2S2/c1-17-11-5-2-6-12(8-11)18(15,16)14-9-10-4-3-7-13-10/h2,5-6,8,10,13-14H,3-4,7,9H2,1H3. The molecule has 1 fully saturated rings. The van der Waals surface area contributed by atoms with Crippen LogP contribution in [-0.4, -0.2) is 33.8 Å². The second-order valence-corrected chi connectivity index (χ2v) is 6.97. The van der Waals surface area contributed by atoms with Crippen molar-refractivity contribution in [3.05, 3.63) is 24.3 Å². The van der Waals surface area contributed by atoms with Crippen LogP contribution < -0.4 is 10.0 Å². The number of benzene rings is 1. The molecule has 1 aliphatic rings. The zero-order chi connectivity index (χ0) is 13.0. The maximum Gasteiger partial charge on any atom is 0.240 e. The molecule has 1 aliphatic heterocycles. The van der Waals surface area contributed by atoms with Gasteiger partial charge in [-0.05, 0) is 43.8 Å². The molecule has 2 N–H and O–H groups in total. The molecule has 1 aromatic rings. The van der Waals surface area contributed by atoms with E-state index in [1.165, 1.54) is 11.8 Å². The van der Waals surface area contributed by atoms with Gasteiger partial charge in [0.15, 0.2) is 0 Å². The van der Waals surface area contributed by atoms with E-state index in [0.29, 0.717) is 11.4 Å². The fourth-order valence-electron chi connectivity index (χ4n) is 1.99. The minimum Gasteiger partial charge on any atom is -0.313 e. The lowest BCUT2D eigenvalue weighted by molar-refractivity contribution is 0.551. The van der Waals surface area contributed by atoms with E-state index < -0.39 is 10.0 Å². The van der Waals surface area contributed by atoms with Crippen LogP contribution in [0.15, 0.2) is 34.1 Å². The van der Waals surface area contributed by atoms with E-state index in [9.17, 15) is 8.42 Å². The summed E-state index contributed by atoms with van der Waals surface area (Å²) in [6.45, 7) is 1.44. The molecule has 0 amide bonds. The summed E-state index contributed by atoms with van der Waals surface area (Å²) in [5, 5.41) is 3.27. The Kier molecular flexibility index (Phi) is 4.66. The highest BCUT2D eigenvalue weighted by Crippen LogP contribution is 2.19. The Morgan fingerprint density at radius 2 is 2.33 bits per heavy atom. The van der Waals surface area contributed by atoms with Crippen molar-refractivity contribution in [1.29, 1.82) is 0 Å². The number of sulfonamides is 1. The fraction of sp³-hybridized carbons (Fsp3) is 0.500. The third-order valence-corrected chi connectivity index (χ3v) is 5.18. The van der Waals surface area contributed by atoms with E-state index >= 15 is 0 Å². The Labute approximate surface area is 113 Å². The molecular weight excluding hydrogens is 268 g/mol. The van der Waals surface area contributed by atoms with E-state index in [-0.39, 0.29) is 6.04 Å². The smallest absolute Gasteiger partial charge is 0.240 e. The molecule has 0 saturated carbocycles. The monoisotopic (exact) mass is 286 g/mol. The van der Waals surface area contributed by atoms with Crippen LogP contribution in [0.4, 0.5) is 0 Å². The number of rotatable bonds is 5. The van der Waals surface area contributed by atoms with Crippen LogP contribution in [0.1, 0.15) is 12.8 Å². The summed E-state index contributed by atoms with van der Waals surface area (Å²) in [4.78, 5) is 1.30. The summed E-state index contributed by atoms with van der Waals surface area (Å²) in [5.41, 5.74) is 0. The Morgan fingerprint density at radius 1 is 1.50 bits per heavy atom. The van der Waals surface area contributed by atoms with Gasteiger partial charge in [0.2, 0.25) is 10.0 Å². The van der Waals surface area contributed by atoms with E-state index in [4.69, 9.17) is 0 Å². The molecule has 0 radical (unpaired) electrons. The lowest BCUT2D eigenvalue weighted by Gasteiger charge is -2.12. The van der Waals surface area contributed by atoms with E-state index in [1.807, 2.05) is 12.3 Å². The Bertz CT molecular complexity index is 497. The van der Waals surface area contributed by atoms with Gasteiger partial charge < -0.3 is 5.32 Å². The summed E-state index contributed by atoms with van der Waals surface area (Å²) in [5.74, 6) is 0. The van der Waals surface area contributed by atoms with Gasteiger partial charge in [-0.2, -0.15) is 0 Å². The van der Waals surface area contributed by atoms with Crippen LogP contribution >= 0.6 is 11.8 Å². The molecule has 1 atom stereocenters. The molecule has 6 heteroatoms. The van der Waals surface area contributed by atoms with Gasteiger partial charge in [0.05, 0.1) is 4.90 Å². The maximum atomic E-state index is 12.1. The highest BCUT2D eigenvalue weighted by molar-refractivity contribution is 7.98. The summed E-state index contributed by atoms with van der Waals surface area (Å²) in [6, 6.07) is 7.28. The molecule has 0 bridgehead atoms. The van der Waals surface area contributed by atoms with Gasteiger partial charge >= 0.3 is 0 Å². The third-order valence-electron chi connectivity index (χ3n) is 3.03. The molecule has 1 heterocycles. The van der Waals surface area contributed by atoms with Crippen molar-refractivity contribution in [1.82, 2.24) is 10.0 Å². The molecular formula is C12H18N2O2S2. The fourth-order valence-corrected chi connectivity index (χ4v) is 3.65. The minimum atomic E-state index is -3.38. The minimum absolute atomic E-state index is 0.267. The van der Waals surface area contributed by atoms with Crippen molar-refractivity contribution in [2.75, 3.05) is 19.3 Å². The molecule has 1 saturated heterocycles. The van der Waals surface area contributed by atoms with E-state index in [0.717, 1.165) is 24.3 Å². The molecule has 0 spiro atoms. The van der Waals surface area contributed by atoms with Crippen molar-refractivity contribution >= 4 is 21.8 Å². The topological polar surface area (TPSA) is 58.2 Å². The normalized spacial score (nSPS) is 20.2. The first-order valence-electron chi connectivity index (χ1n) is 5.99. The van der Waals surface area contributed by atoms with Crippen molar-refractivity contribution < 1.29 is 8.42 Å². The summed E-state index contributed by atoms with van der Waals surface area (Å²) in [6.07, 6.45) is 4.09. The first-order valence-corrected chi connectivity index (χ1v) is 8.70. The van der Waals surface area contributed by atoms with Gasteiger partial charge in [-0.15, -0.1) is 11.8 Å². The van der Waals surface area contributed by atoms with E-state index in [1.54, 1.807) is 18.2 Å². The predicted octanol–water partition coefficient (Wildman–Crippen LogP) is 1.44. The maximum absolute atomic E-state index is 12.1. The zero-order valence-electron chi connectivity index (χ0n) is 10.3. The van der Waals surface area contributed by atoms with Gasteiger partial charge in [-0.3, -0.25) is 0 Å². The van der Waals surface area contributed by atoms with Crippen molar-refractivity contribution in [2.24, 2.45) is 0 Å². The van der Waals surface area contributed by atoms with Crippen LogP contribution in [0, 0.1) is 0 Å². The van der Waals surface area contributed by atoms with Gasteiger partial charge in [0.1, 0.15) is 0 Å². The van der Waals surface area contributed by atoms with Crippen LogP contribution in [-0.2, 0) is 10.0 Å². The SMILES string of the molecule is CSc1cccc(S(=O)(=O)NCC2CCCN2)c1.